The molecule has 0 aliphatic rings. The smallest absolute Gasteiger partial charge is 0.328 e. The maximum Gasteiger partial charge on any atom is 0.328 e. The molecule has 0 fully saturated rings. The van der Waals surface area contributed by atoms with Crippen LogP contribution in [0.1, 0.15) is 19.4 Å². The molecule has 0 spiro atoms. The van der Waals surface area contributed by atoms with Crippen LogP contribution in [-0.2, 0) is 4.79 Å². The molecule has 1 aromatic rings. The lowest BCUT2D eigenvalue weighted by molar-refractivity contribution is -0.131. The topological polar surface area (TPSA) is 66.8 Å². The van der Waals surface area contributed by atoms with E-state index in [0.717, 1.165) is 6.08 Å². The normalized spacial score (nSPS) is 9.44. The van der Waals surface area contributed by atoms with Gasteiger partial charge < -0.3 is 14.9 Å². The number of aromatic hydroxyl groups is 1. The van der Waals surface area contributed by atoms with E-state index in [0.29, 0.717) is 11.3 Å². The van der Waals surface area contributed by atoms with Crippen LogP contribution in [0.2, 0.25) is 0 Å². The van der Waals surface area contributed by atoms with Crippen molar-refractivity contribution in [2.45, 2.75) is 13.8 Å². The lowest BCUT2D eigenvalue weighted by atomic mass is 10.2. The van der Waals surface area contributed by atoms with Crippen molar-refractivity contribution in [3.8, 4) is 11.5 Å². The number of carboxylic acids is 1. The van der Waals surface area contributed by atoms with Crippen molar-refractivity contribution in [3.63, 3.8) is 0 Å². The van der Waals surface area contributed by atoms with Crippen molar-refractivity contribution in [2.75, 3.05) is 7.11 Å². The summed E-state index contributed by atoms with van der Waals surface area (Å²) in [5.41, 5.74) is 0.655. The van der Waals surface area contributed by atoms with E-state index < -0.39 is 5.97 Å². The minimum Gasteiger partial charge on any atom is -0.504 e. The van der Waals surface area contributed by atoms with Gasteiger partial charge in [-0.05, 0) is 23.8 Å². The minimum atomic E-state index is -1.02. The molecule has 4 heteroatoms. The van der Waals surface area contributed by atoms with Crippen LogP contribution in [0.4, 0.5) is 0 Å². The molecule has 16 heavy (non-hydrogen) atoms. The lowest BCUT2D eigenvalue weighted by Crippen LogP contribution is -1.87. The Morgan fingerprint density at radius 1 is 1.38 bits per heavy atom. The van der Waals surface area contributed by atoms with Crippen LogP contribution in [0.25, 0.3) is 6.08 Å². The molecule has 88 valence electrons. The Kier molecular flexibility index (Phi) is 6.43. The highest BCUT2D eigenvalue weighted by Gasteiger charge is 2.00. The van der Waals surface area contributed by atoms with Crippen LogP contribution in [0, 0.1) is 0 Å². The van der Waals surface area contributed by atoms with Crippen LogP contribution in [0.3, 0.4) is 0 Å². The molecule has 0 aliphatic carbocycles. The molecular weight excluding hydrogens is 208 g/mol. The van der Waals surface area contributed by atoms with Crippen molar-refractivity contribution in [1.29, 1.82) is 0 Å². The van der Waals surface area contributed by atoms with Gasteiger partial charge in [-0.25, -0.2) is 4.79 Å². The zero-order chi connectivity index (χ0) is 12.6. The van der Waals surface area contributed by atoms with E-state index in [1.165, 1.54) is 19.3 Å². The van der Waals surface area contributed by atoms with Gasteiger partial charge in [-0.3, -0.25) is 0 Å². The molecule has 0 unspecified atom stereocenters. The average molecular weight is 224 g/mol. The first-order valence-corrected chi connectivity index (χ1v) is 4.91. The van der Waals surface area contributed by atoms with E-state index in [4.69, 9.17) is 9.84 Å². The maximum atomic E-state index is 10.2. The number of carbonyl (C=O) groups is 1. The predicted molar refractivity (Wildman–Crippen MR) is 62.7 cm³/mol. The maximum absolute atomic E-state index is 10.2. The summed E-state index contributed by atoms with van der Waals surface area (Å²) in [6.45, 7) is 4.00. The van der Waals surface area contributed by atoms with Gasteiger partial charge in [-0.2, -0.15) is 0 Å². The van der Waals surface area contributed by atoms with Gasteiger partial charge in [-0.1, -0.05) is 19.9 Å². The van der Waals surface area contributed by atoms with E-state index >= 15 is 0 Å². The van der Waals surface area contributed by atoms with Gasteiger partial charge in [0.15, 0.2) is 11.5 Å². The first-order valence-electron chi connectivity index (χ1n) is 4.91. The van der Waals surface area contributed by atoms with E-state index in [1.807, 2.05) is 13.8 Å². The Morgan fingerprint density at radius 2 is 2.00 bits per heavy atom. The number of aliphatic carboxylic acids is 1. The van der Waals surface area contributed by atoms with Crippen molar-refractivity contribution in [1.82, 2.24) is 0 Å². The third-order valence-corrected chi connectivity index (χ3v) is 1.62. The molecule has 0 aliphatic heterocycles. The summed E-state index contributed by atoms with van der Waals surface area (Å²) in [5, 5.41) is 17.6. The van der Waals surface area contributed by atoms with Crippen LogP contribution in [0.5, 0.6) is 11.5 Å². The highest BCUT2D eigenvalue weighted by molar-refractivity contribution is 5.85. The van der Waals surface area contributed by atoms with Gasteiger partial charge in [0.25, 0.3) is 0 Å². The van der Waals surface area contributed by atoms with E-state index in [2.05, 4.69) is 0 Å². The first kappa shape index (κ1) is 14.0. The van der Waals surface area contributed by atoms with E-state index in [1.54, 1.807) is 12.1 Å². The summed E-state index contributed by atoms with van der Waals surface area (Å²) in [6.07, 6.45) is 2.44. The average Bonchev–Trinajstić information content (AvgIpc) is 2.30. The Balaban J connectivity index is 0.00000106. The molecule has 1 aromatic carbocycles. The van der Waals surface area contributed by atoms with Gasteiger partial charge in [-0.15, -0.1) is 0 Å². The molecule has 2 N–H and O–H groups in total. The molecule has 4 nitrogen and oxygen atoms in total. The molecule has 0 bridgehead atoms. The molecule has 0 heterocycles. The monoisotopic (exact) mass is 224 g/mol. The largest absolute Gasteiger partial charge is 0.504 e. The summed E-state index contributed by atoms with van der Waals surface area (Å²) >= 11 is 0. The molecule has 0 amide bonds. The number of carboxylic acid groups (broad SMARTS) is 1. The van der Waals surface area contributed by atoms with Gasteiger partial charge in [0.2, 0.25) is 0 Å². The van der Waals surface area contributed by atoms with Gasteiger partial charge in [0.05, 0.1) is 7.11 Å². The second kappa shape index (κ2) is 7.34. The number of methoxy groups -OCH3 is 1. The summed E-state index contributed by atoms with van der Waals surface area (Å²) in [4.78, 5) is 10.2. The fourth-order valence-electron chi connectivity index (χ4n) is 0.965. The fraction of sp³-hybridized carbons (Fsp3) is 0.250. The van der Waals surface area contributed by atoms with Crippen LogP contribution in [0.15, 0.2) is 24.3 Å². The number of rotatable bonds is 3. The SMILES string of the molecule is CC.COc1cc(C=CC(=O)O)ccc1O. The van der Waals surface area contributed by atoms with E-state index in [-0.39, 0.29) is 5.75 Å². The van der Waals surface area contributed by atoms with Crippen molar-refractivity contribution < 1.29 is 19.7 Å². The number of benzene rings is 1. The van der Waals surface area contributed by atoms with Crippen molar-refractivity contribution in [3.05, 3.63) is 29.8 Å². The van der Waals surface area contributed by atoms with E-state index in [9.17, 15) is 9.90 Å². The first-order chi connectivity index (χ1) is 7.63. The second-order valence-electron chi connectivity index (χ2n) is 2.60. The highest BCUT2D eigenvalue weighted by atomic mass is 16.5. The third kappa shape index (κ3) is 4.50. The number of hydrogen-bond donors (Lipinski definition) is 2. The summed E-state index contributed by atoms with van der Waals surface area (Å²) in [6, 6.07) is 4.59. The summed E-state index contributed by atoms with van der Waals surface area (Å²) in [7, 11) is 1.43. The molecule has 1 rings (SSSR count). The second-order valence-corrected chi connectivity index (χ2v) is 2.60. The molecule has 0 saturated carbocycles. The zero-order valence-electron chi connectivity index (χ0n) is 9.60. The van der Waals surface area contributed by atoms with Crippen molar-refractivity contribution >= 4 is 12.0 Å². The van der Waals surface area contributed by atoms with Gasteiger partial charge >= 0.3 is 5.97 Å². The summed E-state index contributed by atoms with van der Waals surface area (Å²) in [5.74, 6) is -0.672. The zero-order valence-corrected chi connectivity index (χ0v) is 9.60. The standard InChI is InChI=1S/C10H10O4.C2H6/c1-14-9-6-7(2-4-8(9)11)3-5-10(12)13;1-2/h2-6,11H,1H3,(H,12,13);1-2H3. The molecule has 0 atom stereocenters. The van der Waals surface area contributed by atoms with Crippen LogP contribution >= 0.6 is 0 Å². The molecule has 0 saturated heterocycles. The highest BCUT2D eigenvalue weighted by Crippen LogP contribution is 2.26. The fourth-order valence-corrected chi connectivity index (χ4v) is 0.965. The molecule has 0 aromatic heterocycles. The summed E-state index contributed by atoms with van der Waals surface area (Å²) < 4.78 is 4.86. The minimum absolute atomic E-state index is 0.0278. The number of phenols is 1. The predicted octanol–water partition coefficient (Wildman–Crippen LogP) is 2.52. The third-order valence-electron chi connectivity index (χ3n) is 1.62. The van der Waals surface area contributed by atoms with Crippen LogP contribution in [-0.4, -0.2) is 23.3 Å². The number of hydrogen-bond acceptors (Lipinski definition) is 3. The molecular formula is C12H16O4. The van der Waals surface area contributed by atoms with Crippen molar-refractivity contribution in [2.24, 2.45) is 0 Å². The van der Waals surface area contributed by atoms with Gasteiger partial charge in [0, 0.05) is 6.08 Å². The number of phenolic OH excluding ortho intramolecular Hbond substituents is 1. The number of ether oxygens (including phenoxy) is 1. The Bertz CT molecular complexity index is 369. The van der Waals surface area contributed by atoms with Gasteiger partial charge in [0.1, 0.15) is 0 Å². The Morgan fingerprint density at radius 3 is 2.50 bits per heavy atom. The molecule has 0 radical (unpaired) electrons. The Hall–Kier alpha value is -1.97. The quantitative estimate of drug-likeness (QED) is 0.774. The lowest BCUT2D eigenvalue weighted by Gasteiger charge is -2.03. The van der Waals surface area contributed by atoms with Crippen LogP contribution < -0.4 is 4.74 Å². The Labute approximate surface area is 94.8 Å².